The number of carbonyl (C=O) groups excluding carboxylic acids is 1. The molecule has 1 saturated heterocycles. The van der Waals surface area contributed by atoms with Crippen molar-refractivity contribution in [1.82, 2.24) is 15.1 Å². The van der Waals surface area contributed by atoms with E-state index in [4.69, 9.17) is 11.6 Å². The van der Waals surface area contributed by atoms with Crippen LogP contribution in [0.25, 0.3) is 11.3 Å². The maximum absolute atomic E-state index is 12.9. The topological polar surface area (TPSA) is 92.5 Å². The Bertz CT molecular complexity index is 1170. The zero-order chi connectivity index (χ0) is 22.8. The molecule has 0 bridgehead atoms. The van der Waals surface area contributed by atoms with Crippen molar-refractivity contribution in [2.45, 2.75) is 13.8 Å². The fraction of sp³-hybridized carbons (Fsp3) is 0.261. The zero-order valence-corrected chi connectivity index (χ0v) is 18.5. The molecule has 2 aromatic carbocycles. The molecular weight excluding hydrogens is 430 g/mol. The Balaban J connectivity index is 1.44. The fourth-order valence-corrected chi connectivity index (χ4v) is 3.87. The Morgan fingerprint density at radius 2 is 1.72 bits per heavy atom. The molecule has 1 aliphatic heterocycles. The maximum Gasteiger partial charge on any atom is 0.282 e. The van der Waals surface area contributed by atoms with E-state index in [0.29, 0.717) is 26.2 Å². The lowest BCUT2D eigenvalue weighted by atomic mass is 10.0. The molecule has 3 aromatic rings. The predicted molar refractivity (Wildman–Crippen MR) is 123 cm³/mol. The number of aromatic nitrogens is 2. The van der Waals surface area contributed by atoms with Crippen LogP contribution in [-0.2, 0) is 0 Å². The van der Waals surface area contributed by atoms with E-state index in [1.54, 1.807) is 4.90 Å². The van der Waals surface area contributed by atoms with Crippen LogP contribution in [0.15, 0.2) is 48.5 Å². The second kappa shape index (κ2) is 8.92. The molecule has 2 heterocycles. The summed E-state index contributed by atoms with van der Waals surface area (Å²) in [7, 11) is 0. The van der Waals surface area contributed by atoms with Gasteiger partial charge in [0.05, 0.1) is 10.6 Å². The van der Waals surface area contributed by atoms with Crippen LogP contribution in [0.5, 0.6) is 0 Å². The quantitative estimate of drug-likeness (QED) is 0.434. The van der Waals surface area contributed by atoms with Crippen LogP contribution in [-0.4, -0.2) is 52.1 Å². The summed E-state index contributed by atoms with van der Waals surface area (Å²) in [6.45, 7) is 6.09. The number of halogens is 1. The predicted octanol–water partition coefficient (Wildman–Crippen LogP) is 4.28. The summed E-state index contributed by atoms with van der Waals surface area (Å²) < 4.78 is 0. The number of nitrogens with zero attached hydrogens (tertiary/aromatic N) is 5. The highest BCUT2D eigenvalue weighted by atomic mass is 35.5. The van der Waals surface area contributed by atoms with Crippen molar-refractivity contribution >= 4 is 29.0 Å². The molecule has 1 amide bonds. The van der Waals surface area contributed by atoms with Gasteiger partial charge in [-0.15, -0.1) is 10.2 Å². The molecule has 1 aliphatic rings. The van der Waals surface area contributed by atoms with E-state index >= 15 is 0 Å². The van der Waals surface area contributed by atoms with Crippen molar-refractivity contribution in [3.63, 3.8) is 0 Å². The molecule has 0 atom stereocenters. The Kier molecular flexibility index (Phi) is 6.05. The van der Waals surface area contributed by atoms with Crippen LogP contribution >= 0.6 is 11.6 Å². The lowest BCUT2D eigenvalue weighted by Gasteiger charge is -2.35. The van der Waals surface area contributed by atoms with E-state index in [1.165, 1.54) is 29.3 Å². The first-order valence-electron chi connectivity index (χ1n) is 10.2. The van der Waals surface area contributed by atoms with E-state index in [-0.39, 0.29) is 16.3 Å². The highest BCUT2D eigenvalue weighted by Crippen LogP contribution is 2.26. The van der Waals surface area contributed by atoms with Gasteiger partial charge < -0.3 is 9.80 Å². The van der Waals surface area contributed by atoms with Crippen molar-refractivity contribution < 1.29 is 9.72 Å². The third kappa shape index (κ3) is 4.40. The van der Waals surface area contributed by atoms with Crippen molar-refractivity contribution in [2.24, 2.45) is 0 Å². The molecule has 0 unspecified atom stereocenters. The first kappa shape index (κ1) is 21.7. The normalized spacial score (nSPS) is 13.8. The Morgan fingerprint density at radius 3 is 2.34 bits per heavy atom. The molecule has 0 radical (unpaired) electrons. The summed E-state index contributed by atoms with van der Waals surface area (Å²) >= 11 is 5.96. The molecule has 0 N–H and O–H groups in total. The monoisotopic (exact) mass is 451 g/mol. The number of hydrogen-bond donors (Lipinski definition) is 0. The van der Waals surface area contributed by atoms with E-state index in [1.807, 2.05) is 23.1 Å². The summed E-state index contributed by atoms with van der Waals surface area (Å²) in [5, 5.41) is 20.3. The second-order valence-electron chi connectivity index (χ2n) is 7.77. The van der Waals surface area contributed by atoms with Crippen LogP contribution in [0, 0.1) is 24.0 Å². The molecular formula is C23H22ClN5O3. The fourth-order valence-electron chi connectivity index (χ4n) is 3.70. The van der Waals surface area contributed by atoms with E-state index in [2.05, 4.69) is 36.2 Å². The number of nitro benzene ring substituents is 1. The summed E-state index contributed by atoms with van der Waals surface area (Å²) in [6.07, 6.45) is 0. The first-order chi connectivity index (χ1) is 15.3. The van der Waals surface area contributed by atoms with Crippen LogP contribution in [0.3, 0.4) is 0 Å². The lowest BCUT2D eigenvalue weighted by molar-refractivity contribution is -0.385. The smallest absolute Gasteiger partial charge is 0.282 e. The van der Waals surface area contributed by atoms with Gasteiger partial charge in [0.2, 0.25) is 0 Å². The van der Waals surface area contributed by atoms with Crippen LogP contribution in [0.1, 0.15) is 21.5 Å². The van der Waals surface area contributed by atoms with Gasteiger partial charge in [-0.25, -0.2) is 0 Å². The number of benzene rings is 2. The maximum atomic E-state index is 12.9. The molecule has 8 nitrogen and oxygen atoms in total. The molecule has 1 aromatic heterocycles. The highest BCUT2D eigenvalue weighted by Gasteiger charge is 2.28. The molecule has 0 spiro atoms. The van der Waals surface area contributed by atoms with E-state index < -0.39 is 10.8 Å². The minimum absolute atomic E-state index is 0.00786. The van der Waals surface area contributed by atoms with Gasteiger partial charge in [0, 0.05) is 42.8 Å². The Morgan fingerprint density at radius 1 is 0.969 bits per heavy atom. The van der Waals surface area contributed by atoms with Crippen molar-refractivity contribution in [3.05, 3.63) is 80.4 Å². The summed E-state index contributed by atoms with van der Waals surface area (Å²) in [4.78, 5) is 27.3. The summed E-state index contributed by atoms with van der Waals surface area (Å²) in [5.41, 5.74) is 4.02. The number of rotatable bonds is 4. The molecule has 164 valence electrons. The van der Waals surface area contributed by atoms with Gasteiger partial charge >= 0.3 is 0 Å². The molecule has 0 saturated carbocycles. The second-order valence-corrected chi connectivity index (χ2v) is 8.21. The number of carbonyl (C=O) groups is 1. The number of hydrogen-bond acceptors (Lipinski definition) is 6. The van der Waals surface area contributed by atoms with Crippen LogP contribution in [0.4, 0.5) is 11.5 Å². The first-order valence-corrected chi connectivity index (χ1v) is 10.6. The van der Waals surface area contributed by atoms with Gasteiger partial charge in [-0.1, -0.05) is 23.7 Å². The largest absolute Gasteiger partial charge is 0.352 e. The molecule has 4 rings (SSSR count). The minimum atomic E-state index is -0.563. The molecule has 1 fully saturated rings. The summed E-state index contributed by atoms with van der Waals surface area (Å²) in [6, 6.07) is 14.1. The number of nitro groups is 1. The summed E-state index contributed by atoms with van der Waals surface area (Å²) in [5.74, 6) is 0.341. The highest BCUT2D eigenvalue weighted by molar-refractivity contribution is 6.31. The Hall–Kier alpha value is -3.52. The van der Waals surface area contributed by atoms with Crippen molar-refractivity contribution in [2.75, 3.05) is 31.1 Å². The van der Waals surface area contributed by atoms with Crippen molar-refractivity contribution in [3.8, 4) is 11.3 Å². The van der Waals surface area contributed by atoms with E-state index in [9.17, 15) is 14.9 Å². The third-order valence-electron chi connectivity index (χ3n) is 5.73. The van der Waals surface area contributed by atoms with E-state index in [0.717, 1.165) is 17.1 Å². The van der Waals surface area contributed by atoms with Gasteiger partial charge in [0.25, 0.3) is 11.6 Å². The van der Waals surface area contributed by atoms with Gasteiger partial charge in [-0.05, 0) is 55.3 Å². The number of anilines is 1. The Labute approximate surface area is 190 Å². The van der Waals surface area contributed by atoms with Gasteiger partial charge in [0.15, 0.2) is 5.82 Å². The SMILES string of the molecule is Cc1ccc(-c2ccc(N3CCN(C(=O)c4cc(Cl)ccc4[N+](=O)[O-])CC3)nn2)cc1C. The standard InChI is InChI=1S/C23H22ClN5O3/c1-15-3-4-17(13-16(15)2)20-6-8-22(26-25-20)27-9-11-28(12-10-27)23(30)19-14-18(24)5-7-21(19)29(31)32/h3-8,13-14H,9-12H2,1-2H3. The average molecular weight is 452 g/mol. The zero-order valence-electron chi connectivity index (χ0n) is 17.8. The van der Waals surface area contributed by atoms with Crippen molar-refractivity contribution in [1.29, 1.82) is 0 Å². The minimum Gasteiger partial charge on any atom is -0.352 e. The molecule has 32 heavy (non-hydrogen) atoms. The average Bonchev–Trinajstić information content (AvgIpc) is 2.80. The number of piperazine rings is 1. The molecule has 0 aliphatic carbocycles. The van der Waals surface area contributed by atoms with Crippen LogP contribution < -0.4 is 4.90 Å². The van der Waals surface area contributed by atoms with Gasteiger partial charge in [-0.2, -0.15) is 0 Å². The molecule has 9 heteroatoms. The number of aryl methyl sites for hydroxylation is 2. The third-order valence-corrected chi connectivity index (χ3v) is 5.96. The van der Waals surface area contributed by atoms with Gasteiger partial charge in [0.1, 0.15) is 5.56 Å². The van der Waals surface area contributed by atoms with Gasteiger partial charge in [-0.3, -0.25) is 14.9 Å². The lowest BCUT2D eigenvalue weighted by Crippen LogP contribution is -2.49. The number of amides is 1. The van der Waals surface area contributed by atoms with Crippen LogP contribution in [0.2, 0.25) is 5.02 Å².